The molecule has 1 aliphatic rings. The van der Waals surface area contributed by atoms with Gasteiger partial charge in [-0.1, -0.05) is 54.6 Å². The van der Waals surface area contributed by atoms with E-state index < -0.39 is 109 Å². The van der Waals surface area contributed by atoms with Crippen LogP contribution in [0.2, 0.25) is 0 Å². The van der Waals surface area contributed by atoms with E-state index in [0.717, 1.165) is 32.6 Å². The zero-order chi connectivity index (χ0) is 49.1. The first-order valence-electron chi connectivity index (χ1n) is 22.7. The molecule has 1 aliphatic heterocycles. The number of fused-ring (bicyclic) bond motifs is 1. The number of benzene rings is 4. The molecule has 0 spiro atoms. The predicted molar refractivity (Wildman–Crippen MR) is 198 cm³/mol. The lowest BCUT2D eigenvalue weighted by molar-refractivity contribution is -0.137. The van der Waals surface area contributed by atoms with E-state index >= 15 is 4.79 Å². The second kappa shape index (κ2) is 16.7. The van der Waals surface area contributed by atoms with Gasteiger partial charge in [-0.25, -0.2) is 8.78 Å². The number of rotatable bonds is 12. The van der Waals surface area contributed by atoms with Crippen LogP contribution >= 0.6 is 11.8 Å². The number of amides is 1. The molecule has 0 saturated carbocycles. The Kier molecular flexibility index (Phi) is 7.77. The van der Waals surface area contributed by atoms with Gasteiger partial charge in [0.15, 0.2) is 17.1 Å². The van der Waals surface area contributed by atoms with Gasteiger partial charge >= 0.3 is 6.18 Å². The van der Waals surface area contributed by atoms with Crippen molar-refractivity contribution in [1.29, 1.82) is 0 Å². The van der Waals surface area contributed by atoms with Gasteiger partial charge in [0.2, 0.25) is 5.91 Å². The van der Waals surface area contributed by atoms with Gasteiger partial charge in [0, 0.05) is 64.6 Å². The van der Waals surface area contributed by atoms with Gasteiger partial charge in [0.05, 0.1) is 37.7 Å². The molecule has 0 N–H and O–H groups in total. The van der Waals surface area contributed by atoms with E-state index in [9.17, 15) is 29.5 Å². The number of hydrogen-bond donors (Lipinski definition) is 0. The number of ether oxygens (including phenoxy) is 1. The van der Waals surface area contributed by atoms with Crippen LogP contribution in [0.15, 0.2) is 101 Å². The van der Waals surface area contributed by atoms with E-state index in [1.54, 1.807) is 0 Å². The van der Waals surface area contributed by atoms with Crippen molar-refractivity contribution < 1.29 is 49.3 Å². The normalized spacial score (nSPS) is 18.8. The number of likely N-dealkylation sites (tertiary alicyclic amines) is 1. The summed E-state index contributed by atoms with van der Waals surface area (Å²) in [6.45, 7) is -9.64. The molecule has 1 saturated heterocycles. The lowest BCUT2D eigenvalue weighted by atomic mass is 10.00. The van der Waals surface area contributed by atoms with Crippen molar-refractivity contribution in [3.05, 3.63) is 135 Å². The molecule has 53 heavy (non-hydrogen) atoms. The largest absolute Gasteiger partial charge is 0.416 e. The minimum absolute atomic E-state index is 0.0951. The Labute approximate surface area is 327 Å². The van der Waals surface area contributed by atoms with E-state index in [2.05, 4.69) is 4.74 Å². The number of carbonyl (C=O) groups is 1. The average molecular weight is 763 g/mol. The van der Waals surface area contributed by atoms with E-state index in [1.165, 1.54) is 55.5 Å². The zero-order valence-corrected chi connectivity index (χ0v) is 28.9. The number of aromatic nitrogens is 1. The maximum Gasteiger partial charge on any atom is 0.416 e. The molecule has 6 rings (SSSR count). The van der Waals surface area contributed by atoms with Crippen molar-refractivity contribution in [3.8, 4) is 11.1 Å². The van der Waals surface area contributed by atoms with Crippen molar-refractivity contribution in [2.75, 3.05) is 33.2 Å². The van der Waals surface area contributed by atoms with Crippen LogP contribution in [0.3, 0.4) is 0 Å². The highest BCUT2D eigenvalue weighted by atomic mass is 32.2. The van der Waals surface area contributed by atoms with Crippen LogP contribution in [-0.4, -0.2) is 59.5 Å². The molecule has 1 amide bonds. The molecular weight excluding hydrogens is 710 g/mol. The Hall–Kier alpha value is -4.52. The number of hydrogen-bond acceptors (Lipinski definition) is 5. The van der Waals surface area contributed by atoms with E-state index in [4.69, 9.17) is 15.1 Å². The summed E-state index contributed by atoms with van der Waals surface area (Å²) < 4.78 is 184. The van der Waals surface area contributed by atoms with E-state index in [1.807, 2.05) is 0 Å². The molecule has 0 radical (unpaired) electrons. The highest BCUT2D eigenvalue weighted by molar-refractivity contribution is 7.98. The topological polar surface area (TPSA) is 54.8 Å². The Morgan fingerprint density at radius 1 is 1.02 bits per heavy atom. The summed E-state index contributed by atoms with van der Waals surface area (Å²) in [6.07, 6.45) is -5.10. The number of carbonyl (C=O) groups excluding carboxylic acids is 1. The fourth-order valence-corrected chi connectivity index (χ4v) is 6.86. The molecule has 0 aliphatic carbocycles. The Balaban J connectivity index is 1.46. The molecular formula is C41H40F5N3O3S. The zero-order valence-electron chi connectivity index (χ0n) is 41.0. The summed E-state index contributed by atoms with van der Waals surface area (Å²) in [7, 11) is -3.33. The molecule has 278 valence electrons. The van der Waals surface area contributed by atoms with Gasteiger partial charge < -0.3 is 19.1 Å². The van der Waals surface area contributed by atoms with Crippen molar-refractivity contribution in [2.45, 2.75) is 55.8 Å². The third-order valence-electron chi connectivity index (χ3n) is 8.60. The van der Waals surface area contributed by atoms with Gasteiger partial charge in [-0.05, 0) is 72.3 Å². The Morgan fingerprint density at radius 2 is 1.72 bits per heavy atom. The number of alkyl halides is 3. The minimum atomic E-state index is -4.60. The molecule has 6 nitrogen and oxygen atoms in total. The van der Waals surface area contributed by atoms with Crippen molar-refractivity contribution in [3.63, 3.8) is 0 Å². The van der Waals surface area contributed by atoms with Gasteiger partial charge in [-0.15, -0.1) is 11.8 Å². The van der Waals surface area contributed by atoms with Gasteiger partial charge in [0.1, 0.15) is 6.54 Å². The highest BCUT2D eigenvalue weighted by Gasteiger charge is 2.31. The van der Waals surface area contributed by atoms with Crippen LogP contribution in [0.5, 0.6) is 0 Å². The van der Waals surface area contributed by atoms with Crippen molar-refractivity contribution in [1.82, 2.24) is 14.4 Å². The molecule has 1 fully saturated rings. The lowest BCUT2D eigenvalue weighted by Gasteiger charge is -2.39. The summed E-state index contributed by atoms with van der Waals surface area (Å²) in [5.41, 5.74) is -2.11. The number of thioether (sulfide) groups is 1. The summed E-state index contributed by atoms with van der Waals surface area (Å²) in [5.74, 6) is -3.91. The first kappa shape index (κ1) is 24.7. The van der Waals surface area contributed by atoms with E-state index in [-0.39, 0.29) is 53.2 Å². The fraction of sp³-hybridized carbons (Fsp3) is 0.317. The number of nitrogens with zero attached hydrogens (tertiary/aromatic N) is 3. The number of pyridine rings is 1. The molecule has 4 aromatic carbocycles. The summed E-state index contributed by atoms with van der Waals surface area (Å²) in [6, 6.07) is 9.29. The van der Waals surface area contributed by atoms with Crippen molar-refractivity contribution >= 4 is 28.6 Å². The molecule has 1 aromatic heterocycles. The lowest BCUT2D eigenvalue weighted by Crippen LogP contribution is -2.48. The third kappa shape index (κ3) is 9.17. The Morgan fingerprint density at radius 3 is 2.40 bits per heavy atom. The molecule has 0 atom stereocenters. The molecule has 12 heteroatoms. The third-order valence-corrected chi connectivity index (χ3v) is 9.65. The van der Waals surface area contributed by atoms with Gasteiger partial charge in [-0.2, -0.15) is 13.2 Å². The summed E-state index contributed by atoms with van der Waals surface area (Å²) >= 11 is 0.622. The average Bonchev–Trinajstić information content (AvgIpc) is 3.23. The van der Waals surface area contributed by atoms with Crippen LogP contribution in [0.25, 0.3) is 22.0 Å². The van der Waals surface area contributed by atoms with E-state index in [0.29, 0.717) is 22.9 Å². The van der Waals surface area contributed by atoms with Gasteiger partial charge in [0.25, 0.3) is 0 Å². The summed E-state index contributed by atoms with van der Waals surface area (Å²) in [4.78, 5) is 30.6. The summed E-state index contributed by atoms with van der Waals surface area (Å²) in [5, 5.41) is -0.928. The highest BCUT2D eigenvalue weighted by Crippen LogP contribution is 2.32. The minimum Gasteiger partial charge on any atom is -0.383 e. The quantitative estimate of drug-likeness (QED) is 0.0941. The maximum atomic E-state index is 15.1. The van der Waals surface area contributed by atoms with Gasteiger partial charge in [-0.3, -0.25) is 9.59 Å². The predicted octanol–water partition coefficient (Wildman–Crippen LogP) is 8.71. The molecule has 5 aromatic rings. The standard InChI is InChI=1S/C41H40F5N3O3S/c1-27-6-15-34-36(22-27)49(39(23-37(34)50)53-26-31-4-3-5-35(42)40(31)43)25-38(51)48(33-16-18-47(19-17-33)20-21-52-2)24-28-7-9-29(10-8-28)30-11-13-32(14-12-30)41(44,45)46/h3-15,22-23,33H,16-21,24-26H2,1-2H3/i2D3,6D,15D,20D2,21D2,22D,23D,24D2. The van der Waals surface area contributed by atoms with Crippen LogP contribution in [0.1, 0.15) is 52.9 Å². The van der Waals surface area contributed by atoms with Crippen LogP contribution in [0.4, 0.5) is 22.0 Å². The number of halogens is 5. The Bertz CT molecular complexity index is 2710. The fourth-order valence-electron chi connectivity index (χ4n) is 5.87. The van der Waals surface area contributed by atoms with Crippen molar-refractivity contribution in [2.24, 2.45) is 0 Å². The van der Waals surface area contributed by atoms with Crippen LogP contribution in [0, 0.1) is 18.6 Å². The first-order chi connectivity index (χ1) is 30.5. The molecule has 0 bridgehead atoms. The second-order valence-electron chi connectivity index (χ2n) is 12.1. The smallest absolute Gasteiger partial charge is 0.383 e. The van der Waals surface area contributed by atoms with Crippen LogP contribution in [-0.2, 0) is 34.5 Å². The maximum absolute atomic E-state index is 15.1. The molecule has 2 heterocycles. The SMILES string of the molecule is [2H]c1c(C)c([2H])c2c(c1[2H])c(=O)c([2H])c(SCc1cccc(F)c1F)n2CC(=O)N(C1CCN(C([2H])([2H])C([2H])([2H])OC([2H])([2H])[2H])CC1)C([2H])([2H])c1ccc(-c2ccc(C(F)(F)F)cc2)cc1. The first-order valence-corrected chi connectivity index (χ1v) is 17.2. The number of methoxy groups -OCH3 is 1. The second-order valence-corrected chi connectivity index (χ2v) is 13.1. The molecule has 0 unspecified atom stereocenters. The monoisotopic (exact) mass is 762 g/mol. The van der Waals surface area contributed by atoms with Crippen LogP contribution < -0.4 is 5.43 Å². The number of piperidine rings is 1.